The summed E-state index contributed by atoms with van der Waals surface area (Å²) in [6.07, 6.45) is 9.95. The SMILES string of the molecule is CC(C)C1=C2[C@H]3CCC4[C@@]5(C)CC[C@H](OC(=O)CC(C)(C)C(=O)O)C(C)(C)C5CC[C@@]4(C)[C@]3(C)CC[C@@]2(CCNCc2cccc(Cl)c2)CC1=O. The number of halogens is 1. The Morgan fingerprint density at radius 3 is 2.37 bits per heavy atom. The number of carboxylic acid groups (broad SMARTS) is 1. The standard InChI is InChI=1S/C44H64ClNO5/c1-27(2)36-31(47)24-44(21-22-46-26-28-11-10-12-29(45)23-28)20-19-42(8)30(37(36)44)13-14-33-41(7)17-16-34(51-35(48)25-39(3,4)38(49)50)40(5,6)32(41)15-18-43(33,42)9/h10-12,23,27,30,32-34,46H,13-22,24-26H2,1-9H3,(H,49,50)/t30-,32?,33?,34+,41+,42-,43-,44-/m1/s1. The second kappa shape index (κ2) is 13.3. The highest BCUT2D eigenvalue weighted by Crippen LogP contribution is 2.77. The molecule has 4 saturated carbocycles. The van der Waals surface area contributed by atoms with Crippen molar-refractivity contribution in [3.8, 4) is 0 Å². The molecule has 0 saturated heterocycles. The average molecular weight is 722 g/mol. The predicted molar refractivity (Wildman–Crippen MR) is 203 cm³/mol. The number of allylic oxidation sites excluding steroid dienone is 2. The fraction of sp³-hybridized carbons (Fsp3) is 0.750. The van der Waals surface area contributed by atoms with Gasteiger partial charge in [0.05, 0.1) is 11.8 Å². The van der Waals surface area contributed by atoms with Gasteiger partial charge in [-0.05, 0) is 141 Å². The molecule has 7 heteroatoms. The van der Waals surface area contributed by atoms with E-state index in [1.807, 2.05) is 18.2 Å². The highest BCUT2D eigenvalue weighted by molar-refractivity contribution is 6.30. The van der Waals surface area contributed by atoms with E-state index in [9.17, 15) is 19.5 Å². The van der Waals surface area contributed by atoms with Crippen molar-refractivity contribution in [2.24, 2.45) is 56.2 Å². The number of nitrogens with one attached hydrogen (secondary N) is 1. The predicted octanol–water partition coefficient (Wildman–Crippen LogP) is 10.2. The summed E-state index contributed by atoms with van der Waals surface area (Å²) in [5, 5.41) is 14.1. The van der Waals surface area contributed by atoms with Crippen LogP contribution >= 0.6 is 11.6 Å². The summed E-state index contributed by atoms with van der Waals surface area (Å²) in [6, 6.07) is 8.05. The summed E-state index contributed by atoms with van der Waals surface area (Å²) < 4.78 is 6.18. The molecule has 51 heavy (non-hydrogen) atoms. The molecule has 8 atom stereocenters. The maximum atomic E-state index is 14.0. The van der Waals surface area contributed by atoms with Gasteiger partial charge in [-0.1, -0.05) is 77.8 Å². The van der Waals surface area contributed by atoms with Crippen LogP contribution in [0.25, 0.3) is 0 Å². The Morgan fingerprint density at radius 1 is 0.980 bits per heavy atom. The third-order valence-electron chi connectivity index (χ3n) is 16.0. The molecule has 6 nitrogen and oxygen atoms in total. The van der Waals surface area contributed by atoms with Crippen LogP contribution in [0, 0.1) is 56.2 Å². The van der Waals surface area contributed by atoms with Crippen molar-refractivity contribution in [1.29, 1.82) is 0 Å². The summed E-state index contributed by atoms with van der Waals surface area (Å²) in [5.74, 6) is 0.635. The molecule has 2 N–H and O–H groups in total. The number of ether oxygens (including phenoxy) is 1. The number of carbonyl (C=O) groups is 3. The molecule has 0 heterocycles. The molecule has 0 aliphatic heterocycles. The topological polar surface area (TPSA) is 92.7 Å². The van der Waals surface area contributed by atoms with Crippen LogP contribution in [0.3, 0.4) is 0 Å². The maximum Gasteiger partial charge on any atom is 0.309 e. The largest absolute Gasteiger partial charge is 0.481 e. The molecule has 6 rings (SSSR count). The first-order valence-electron chi connectivity index (χ1n) is 19.9. The van der Waals surface area contributed by atoms with E-state index in [-0.39, 0.29) is 45.5 Å². The number of rotatable bonds is 10. The normalized spacial score (nSPS) is 37.4. The minimum Gasteiger partial charge on any atom is -0.481 e. The number of aliphatic carboxylic acids is 1. The number of Topliss-reactive ketones (excluding diaryl/α,β-unsaturated/α-hetero) is 1. The smallest absolute Gasteiger partial charge is 0.309 e. The highest BCUT2D eigenvalue weighted by Gasteiger charge is 2.70. The molecule has 0 radical (unpaired) electrons. The summed E-state index contributed by atoms with van der Waals surface area (Å²) in [4.78, 5) is 38.8. The van der Waals surface area contributed by atoms with Crippen molar-refractivity contribution >= 4 is 29.3 Å². The molecule has 0 aromatic heterocycles. The Balaban J connectivity index is 1.24. The summed E-state index contributed by atoms with van der Waals surface area (Å²) >= 11 is 6.26. The van der Waals surface area contributed by atoms with Crippen LogP contribution in [-0.4, -0.2) is 35.5 Å². The number of carbonyl (C=O) groups excluding carboxylic acids is 2. The maximum absolute atomic E-state index is 14.0. The van der Waals surface area contributed by atoms with Crippen LogP contribution in [0.15, 0.2) is 35.4 Å². The van der Waals surface area contributed by atoms with E-state index < -0.39 is 17.4 Å². The molecular weight excluding hydrogens is 658 g/mol. The Bertz CT molecular complexity index is 1590. The molecule has 1 aromatic rings. The average Bonchev–Trinajstić information content (AvgIpc) is 3.33. The Kier molecular flexibility index (Phi) is 10.0. The van der Waals surface area contributed by atoms with Crippen molar-refractivity contribution in [3.63, 3.8) is 0 Å². The molecule has 0 bridgehead atoms. The van der Waals surface area contributed by atoms with Crippen molar-refractivity contribution in [2.45, 2.75) is 146 Å². The molecule has 0 amide bonds. The highest BCUT2D eigenvalue weighted by atomic mass is 35.5. The number of ketones is 1. The Hall–Kier alpha value is -2.18. The molecule has 5 aliphatic carbocycles. The van der Waals surface area contributed by atoms with Gasteiger partial charge in [-0.2, -0.15) is 0 Å². The van der Waals surface area contributed by atoms with Gasteiger partial charge in [-0.3, -0.25) is 14.4 Å². The van der Waals surface area contributed by atoms with E-state index in [0.29, 0.717) is 30.0 Å². The van der Waals surface area contributed by atoms with Gasteiger partial charge in [0.2, 0.25) is 0 Å². The van der Waals surface area contributed by atoms with Crippen LogP contribution in [0.1, 0.15) is 139 Å². The molecule has 4 fully saturated rings. The van der Waals surface area contributed by atoms with E-state index in [1.54, 1.807) is 13.8 Å². The van der Waals surface area contributed by atoms with Crippen LogP contribution in [0.5, 0.6) is 0 Å². The summed E-state index contributed by atoms with van der Waals surface area (Å²) in [5.41, 5.74) is 2.83. The second-order valence-corrected chi connectivity index (χ2v) is 20.2. The van der Waals surface area contributed by atoms with Crippen LogP contribution in [0.2, 0.25) is 5.02 Å². The molecule has 0 spiro atoms. The zero-order valence-corrected chi connectivity index (χ0v) is 33.6. The van der Waals surface area contributed by atoms with Crippen molar-refractivity contribution in [1.82, 2.24) is 5.32 Å². The molecular formula is C44H64ClNO5. The van der Waals surface area contributed by atoms with Gasteiger partial charge in [0.25, 0.3) is 0 Å². The molecule has 5 aliphatic rings. The summed E-state index contributed by atoms with van der Waals surface area (Å²) in [7, 11) is 0. The van der Waals surface area contributed by atoms with Gasteiger partial charge in [0, 0.05) is 28.8 Å². The molecule has 2 unspecified atom stereocenters. The number of fused-ring (bicyclic) bond motifs is 7. The van der Waals surface area contributed by atoms with E-state index in [1.165, 1.54) is 17.6 Å². The number of esters is 1. The first-order chi connectivity index (χ1) is 23.7. The fourth-order valence-electron chi connectivity index (χ4n) is 13.1. The lowest BCUT2D eigenvalue weighted by Gasteiger charge is -2.72. The first kappa shape index (κ1) is 38.5. The zero-order chi connectivity index (χ0) is 37.4. The van der Waals surface area contributed by atoms with E-state index in [4.69, 9.17) is 16.3 Å². The molecule has 1 aromatic carbocycles. The fourth-order valence-corrected chi connectivity index (χ4v) is 13.3. The Labute approximate surface area is 312 Å². The van der Waals surface area contributed by atoms with E-state index >= 15 is 0 Å². The van der Waals surface area contributed by atoms with Gasteiger partial charge >= 0.3 is 11.9 Å². The van der Waals surface area contributed by atoms with Gasteiger partial charge < -0.3 is 15.2 Å². The van der Waals surface area contributed by atoms with Gasteiger partial charge in [0.1, 0.15) is 6.10 Å². The minimum atomic E-state index is -1.15. The number of carboxylic acids is 1. The van der Waals surface area contributed by atoms with Gasteiger partial charge in [0.15, 0.2) is 5.78 Å². The summed E-state index contributed by atoms with van der Waals surface area (Å²) in [6.45, 7) is 21.7. The quantitative estimate of drug-likeness (QED) is 0.185. The van der Waals surface area contributed by atoms with E-state index in [2.05, 4.69) is 59.8 Å². The van der Waals surface area contributed by atoms with Crippen molar-refractivity contribution < 1.29 is 24.2 Å². The van der Waals surface area contributed by atoms with E-state index in [0.717, 1.165) is 75.1 Å². The van der Waals surface area contributed by atoms with Crippen LogP contribution in [0.4, 0.5) is 0 Å². The van der Waals surface area contributed by atoms with Crippen molar-refractivity contribution in [2.75, 3.05) is 6.54 Å². The lowest BCUT2D eigenvalue weighted by atomic mass is 9.33. The Morgan fingerprint density at radius 2 is 1.71 bits per heavy atom. The lowest BCUT2D eigenvalue weighted by Crippen LogP contribution is -2.65. The minimum absolute atomic E-state index is 0.0500. The van der Waals surface area contributed by atoms with Crippen molar-refractivity contribution in [3.05, 3.63) is 46.0 Å². The number of hydrogen-bond acceptors (Lipinski definition) is 5. The monoisotopic (exact) mass is 721 g/mol. The third kappa shape index (κ3) is 6.24. The lowest BCUT2D eigenvalue weighted by molar-refractivity contribution is -0.233. The molecule has 282 valence electrons. The second-order valence-electron chi connectivity index (χ2n) is 19.7. The van der Waals surface area contributed by atoms with Crippen LogP contribution in [-0.2, 0) is 25.7 Å². The zero-order valence-electron chi connectivity index (χ0n) is 32.8. The third-order valence-corrected chi connectivity index (χ3v) is 16.2. The number of benzene rings is 1. The van der Waals surface area contributed by atoms with Crippen LogP contribution < -0.4 is 5.32 Å². The van der Waals surface area contributed by atoms with Gasteiger partial charge in [-0.25, -0.2) is 0 Å². The first-order valence-corrected chi connectivity index (χ1v) is 20.3. The van der Waals surface area contributed by atoms with Gasteiger partial charge in [-0.15, -0.1) is 0 Å². The number of hydrogen-bond donors (Lipinski definition) is 2.